The molecular weight excluding hydrogens is 465 g/mol. The van der Waals surface area contributed by atoms with Crippen molar-refractivity contribution in [3.63, 3.8) is 0 Å². The SMILES string of the molecule is CCNC(=NCc1cccnc1N1CCOCC1)N1CCC(CC(C)C)C1.I. The molecule has 0 aliphatic carbocycles. The van der Waals surface area contributed by atoms with Crippen molar-refractivity contribution < 1.29 is 4.74 Å². The topological polar surface area (TPSA) is 53.0 Å². The van der Waals surface area contributed by atoms with E-state index in [-0.39, 0.29) is 24.0 Å². The van der Waals surface area contributed by atoms with Gasteiger partial charge in [0.05, 0.1) is 19.8 Å². The molecular formula is C21H36IN5O. The van der Waals surface area contributed by atoms with Crippen molar-refractivity contribution in [3.05, 3.63) is 23.9 Å². The molecule has 0 bridgehead atoms. The predicted molar refractivity (Wildman–Crippen MR) is 127 cm³/mol. The minimum atomic E-state index is 0. The highest BCUT2D eigenvalue weighted by Crippen LogP contribution is 2.24. The van der Waals surface area contributed by atoms with Crippen LogP contribution in [0.2, 0.25) is 0 Å². The largest absolute Gasteiger partial charge is 0.378 e. The molecule has 1 atom stereocenters. The van der Waals surface area contributed by atoms with Crippen LogP contribution in [-0.4, -0.2) is 61.8 Å². The zero-order chi connectivity index (χ0) is 19.1. The second kappa shape index (κ2) is 11.8. The highest BCUT2D eigenvalue weighted by atomic mass is 127. The maximum Gasteiger partial charge on any atom is 0.194 e. The molecule has 158 valence electrons. The summed E-state index contributed by atoms with van der Waals surface area (Å²) in [5.74, 6) is 3.65. The molecule has 0 aromatic carbocycles. The molecule has 0 amide bonds. The van der Waals surface area contributed by atoms with Gasteiger partial charge < -0.3 is 19.9 Å². The highest BCUT2D eigenvalue weighted by molar-refractivity contribution is 14.0. The Morgan fingerprint density at radius 1 is 1.32 bits per heavy atom. The number of ether oxygens (including phenoxy) is 1. The van der Waals surface area contributed by atoms with Crippen LogP contribution in [0.15, 0.2) is 23.3 Å². The Morgan fingerprint density at radius 3 is 2.82 bits per heavy atom. The smallest absolute Gasteiger partial charge is 0.194 e. The van der Waals surface area contributed by atoms with E-state index in [0.29, 0.717) is 6.54 Å². The molecule has 0 radical (unpaired) electrons. The van der Waals surface area contributed by atoms with E-state index in [4.69, 9.17) is 9.73 Å². The van der Waals surface area contributed by atoms with Gasteiger partial charge in [0.2, 0.25) is 0 Å². The van der Waals surface area contributed by atoms with Gasteiger partial charge in [-0.15, -0.1) is 24.0 Å². The molecule has 1 aromatic heterocycles. The molecule has 7 heteroatoms. The Bertz CT molecular complexity index is 619. The van der Waals surface area contributed by atoms with E-state index in [2.05, 4.69) is 46.9 Å². The molecule has 6 nitrogen and oxygen atoms in total. The number of pyridine rings is 1. The average molecular weight is 501 g/mol. The van der Waals surface area contributed by atoms with Crippen LogP contribution in [0.3, 0.4) is 0 Å². The van der Waals surface area contributed by atoms with Crippen LogP contribution in [0.25, 0.3) is 0 Å². The van der Waals surface area contributed by atoms with Gasteiger partial charge in [0.1, 0.15) is 5.82 Å². The molecule has 1 N–H and O–H groups in total. The Hall–Kier alpha value is -1.09. The lowest BCUT2D eigenvalue weighted by atomic mass is 9.97. The van der Waals surface area contributed by atoms with E-state index < -0.39 is 0 Å². The van der Waals surface area contributed by atoms with Gasteiger partial charge in [-0.1, -0.05) is 19.9 Å². The lowest BCUT2D eigenvalue weighted by molar-refractivity contribution is 0.122. The van der Waals surface area contributed by atoms with Crippen molar-refractivity contribution >= 4 is 35.8 Å². The first-order valence-corrected chi connectivity index (χ1v) is 10.5. The van der Waals surface area contributed by atoms with Crippen LogP contribution >= 0.6 is 24.0 Å². The third-order valence-electron chi connectivity index (χ3n) is 5.30. The number of hydrogen-bond acceptors (Lipinski definition) is 4. The lowest BCUT2D eigenvalue weighted by Gasteiger charge is -2.29. The summed E-state index contributed by atoms with van der Waals surface area (Å²) in [7, 11) is 0. The Morgan fingerprint density at radius 2 is 2.11 bits per heavy atom. The van der Waals surface area contributed by atoms with Gasteiger partial charge in [-0.25, -0.2) is 9.98 Å². The molecule has 2 fully saturated rings. The number of morpholine rings is 1. The van der Waals surface area contributed by atoms with Gasteiger partial charge in [-0.05, 0) is 37.7 Å². The molecule has 1 unspecified atom stereocenters. The Balaban J connectivity index is 0.00000280. The zero-order valence-corrected chi connectivity index (χ0v) is 19.9. The van der Waals surface area contributed by atoms with Crippen LogP contribution in [0.5, 0.6) is 0 Å². The van der Waals surface area contributed by atoms with Crippen LogP contribution in [0.4, 0.5) is 5.82 Å². The van der Waals surface area contributed by atoms with E-state index in [1.54, 1.807) is 0 Å². The van der Waals surface area contributed by atoms with Gasteiger partial charge in [0.25, 0.3) is 0 Å². The number of rotatable bonds is 6. The fraction of sp³-hybridized carbons (Fsp3) is 0.714. The quantitative estimate of drug-likeness (QED) is 0.368. The summed E-state index contributed by atoms with van der Waals surface area (Å²) in [6, 6.07) is 4.16. The monoisotopic (exact) mass is 501 g/mol. The van der Waals surface area contributed by atoms with Gasteiger partial charge in [0.15, 0.2) is 5.96 Å². The highest BCUT2D eigenvalue weighted by Gasteiger charge is 2.25. The number of hydrogen-bond donors (Lipinski definition) is 1. The van der Waals surface area contributed by atoms with Crippen molar-refractivity contribution in [2.45, 2.75) is 40.2 Å². The normalized spacial score (nSPS) is 20.4. The molecule has 1 aromatic rings. The number of guanidine groups is 1. The summed E-state index contributed by atoms with van der Waals surface area (Å²) in [5, 5.41) is 3.49. The van der Waals surface area contributed by atoms with E-state index in [9.17, 15) is 0 Å². The van der Waals surface area contributed by atoms with Gasteiger partial charge >= 0.3 is 0 Å². The van der Waals surface area contributed by atoms with E-state index >= 15 is 0 Å². The first-order chi connectivity index (χ1) is 13.2. The Kier molecular flexibility index (Phi) is 9.77. The van der Waals surface area contributed by atoms with Crippen molar-refractivity contribution in [1.29, 1.82) is 0 Å². The van der Waals surface area contributed by atoms with E-state index in [0.717, 1.165) is 69.6 Å². The lowest BCUT2D eigenvalue weighted by Crippen LogP contribution is -2.40. The van der Waals surface area contributed by atoms with Crippen LogP contribution in [0.1, 0.15) is 39.2 Å². The van der Waals surface area contributed by atoms with Crippen LogP contribution in [-0.2, 0) is 11.3 Å². The molecule has 2 aliphatic rings. The standard InChI is InChI=1S/C21H35N5O.HI/c1-4-22-21(26-9-7-18(16-26)14-17(2)3)24-15-19-6-5-8-23-20(19)25-10-12-27-13-11-25;/h5-6,8,17-18H,4,7,9-16H2,1-3H3,(H,22,24);1H. The maximum atomic E-state index is 5.48. The minimum Gasteiger partial charge on any atom is -0.378 e. The molecule has 2 saturated heterocycles. The maximum absolute atomic E-state index is 5.48. The molecule has 28 heavy (non-hydrogen) atoms. The van der Waals surface area contributed by atoms with E-state index in [1.165, 1.54) is 18.4 Å². The molecule has 0 spiro atoms. The summed E-state index contributed by atoms with van der Waals surface area (Å²) >= 11 is 0. The predicted octanol–water partition coefficient (Wildman–Crippen LogP) is 3.37. The summed E-state index contributed by atoms with van der Waals surface area (Å²) < 4.78 is 5.48. The average Bonchev–Trinajstić information content (AvgIpc) is 3.13. The summed E-state index contributed by atoms with van der Waals surface area (Å²) in [5.41, 5.74) is 1.19. The molecule has 2 aliphatic heterocycles. The summed E-state index contributed by atoms with van der Waals surface area (Å²) in [6.07, 6.45) is 4.45. The second-order valence-electron chi connectivity index (χ2n) is 7.99. The number of halogens is 1. The number of likely N-dealkylation sites (tertiary alicyclic amines) is 1. The number of aliphatic imine (C=N–C) groups is 1. The fourth-order valence-corrected chi connectivity index (χ4v) is 4.08. The third kappa shape index (κ3) is 6.47. The van der Waals surface area contributed by atoms with Crippen molar-refractivity contribution in [2.24, 2.45) is 16.8 Å². The number of nitrogens with one attached hydrogen (secondary N) is 1. The Labute approximate surface area is 187 Å². The number of nitrogens with zero attached hydrogens (tertiary/aromatic N) is 4. The van der Waals surface area contributed by atoms with Crippen LogP contribution < -0.4 is 10.2 Å². The van der Waals surface area contributed by atoms with Crippen molar-refractivity contribution in [1.82, 2.24) is 15.2 Å². The van der Waals surface area contributed by atoms with Crippen LogP contribution in [0, 0.1) is 11.8 Å². The molecule has 3 rings (SSSR count). The zero-order valence-electron chi connectivity index (χ0n) is 17.6. The first-order valence-electron chi connectivity index (χ1n) is 10.5. The van der Waals surface area contributed by atoms with E-state index in [1.807, 2.05) is 12.3 Å². The minimum absolute atomic E-state index is 0. The van der Waals surface area contributed by atoms with Gasteiger partial charge in [-0.2, -0.15) is 0 Å². The number of aromatic nitrogens is 1. The second-order valence-corrected chi connectivity index (χ2v) is 7.99. The molecule has 3 heterocycles. The fourth-order valence-electron chi connectivity index (χ4n) is 4.08. The van der Waals surface area contributed by atoms with Gasteiger partial charge in [0, 0.05) is 44.5 Å². The van der Waals surface area contributed by atoms with Crippen molar-refractivity contribution in [2.75, 3.05) is 50.8 Å². The summed E-state index contributed by atoms with van der Waals surface area (Å²) in [4.78, 5) is 14.4. The third-order valence-corrected chi connectivity index (χ3v) is 5.30. The molecule has 0 saturated carbocycles. The first kappa shape index (κ1) is 23.2. The summed E-state index contributed by atoms with van der Waals surface area (Å²) in [6.45, 7) is 13.9. The van der Waals surface area contributed by atoms with Gasteiger partial charge in [-0.3, -0.25) is 0 Å². The van der Waals surface area contributed by atoms with Crippen molar-refractivity contribution in [3.8, 4) is 0 Å². The number of anilines is 1.